The number of carbonyl (C=O) groups excluding carboxylic acids is 1. The van der Waals surface area contributed by atoms with Crippen molar-refractivity contribution in [1.29, 1.82) is 0 Å². The molecule has 0 radical (unpaired) electrons. The maximum absolute atomic E-state index is 13.0. The van der Waals surface area contributed by atoms with Crippen LogP contribution in [0.5, 0.6) is 0 Å². The van der Waals surface area contributed by atoms with Gasteiger partial charge in [0.2, 0.25) is 0 Å². The van der Waals surface area contributed by atoms with Gasteiger partial charge in [-0.05, 0) is 35.2 Å². The summed E-state index contributed by atoms with van der Waals surface area (Å²) < 4.78 is 14.1. The number of ketones is 1. The summed E-state index contributed by atoms with van der Waals surface area (Å²) in [5.74, 6) is -0.396. The fourth-order valence-electron chi connectivity index (χ4n) is 2.04. The molecule has 3 aromatic rings. The number of Topliss-reactive ketones (excluding diaryl/α,β-unsaturated/α-hetero) is 1. The summed E-state index contributed by atoms with van der Waals surface area (Å²) in [4.78, 5) is 13.0. The van der Waals surface area contributed by atoms with Crippen molar-refractivity contribution in [3.63, 3.8) is 0 Å². The van der Waals surface area contributed by atoms with Crippen LogP contribution in [0.25, 0.3) is 10.1 Å². The van der Waals surface area contributed by atoms with Crippen LogP contribution in [0.2, 0.25) is 5.02 Å². The average Bonchev–Trinajstić information content (AvgIpc) is 2.86. The first-order valence-electron chi connectivity index (χ1n) is 6.09. The van der Waals surface area contributed by atoms with Crippen LogP contribution in [0.1, 0.15) is 15.2 Å². The zero-order valence-corrected chi connectivity index (χ0v) is 12.0. The van der Waals surface area contributed by atoms with Crippen molar-refractivity contribution in [2.45, 2.75) is 6.42 Å². The van der Waals surface area contributed by atoms with Crippen LogP contribution < -0.4 is 0 Å². The van der Waals surface area contributed by atoms with E-state index in [0.717, 1.165) is 10.1 Å². The summed E-state index contributed by atoms with van der Waals surface area (Å²) in [7, 11) is 0. The molecule has 0 atom stereocenters. The molecule has 0 unspecified atom stereocenters. The van der Waals surface area contributed by atoms with Crippen LogP contribution in [0, 0.1) is 5.82 Å². The monoisotopic (exact) mass is 304 g/mol. The Hall–Kier alpha value is -1.71. The van der Waals surface area contributed by atoms with Crippen molar-refractivity contribution < 1.29 is 9.18 Å². The number of halogens is 2. The van der Waals surface area contributed by atoms with E-state index >= 15 is 0 Å². The Morgan fingerprint density at radius 2 is 1.95 bits per heavy atom. The van der Waals surface area contributed by atoms with Gasteiger partial charge in [0.05, 0.1) is 4.88 Å². The zero-order valence-electron chi connectivity index (χ0n) is 10.4. The third kappa shape index (κ3) is 2.60. The molecule has 0 saturated heterocycles. The fraction of sp³-hybridized carbons (Fsp3) is 0.0625. The highest BCUT2D eigenvalue weighted by atomic mass is 35.5. The molecule has 4 heteroatoms. The number of hydrogen-bond acceptors (Lipinski definition) is 2. The van der Waals surface area contributed by atoms with Crippen molar-refractivity contribution in [1.82, 2.24) is 0 Å². The van der Waals surface area contributed by atoms with E-state index < -0.39 is 5.82 Å². The predicted molar refractivity (Wildman–Crippen MR) is 81.3 cm³/mol. The molecule has 1 aromatic heterocycles. The highest BCUT2D eigenvalue weighted by Crippen LogP contribution is 2.27. The Balaban J connectivity index is 1.89. The van der Waals surface area contributed by atoms with Crippen LogP contribution in [0.15, 0.2) is 48.5 Å². The molecular formula is C16H10ClFOS. The lowest BCUT2D eigenvalue weighted by Gasteiger charge is -2.02. The van der Waals surface area contributed by atoms with E-state index in [1.165, 1.54) is 23.5 Å². The van der Waals surface area contributed by atoms with Gasteiger partial charge in [-0.15, -0.1) is 11.3 Å². The van der Waals surface area contributed by atoms with Crippen molar-refractivity contribution in [3.05, 3.63) is 69.8 Å². The SMILES string of the molecule is O=C(Cc1ccc(F)cc1Cl)c1cc2ccccc2s1. The van der Waals surface area contributed by atoms with E-state index in [4.69, 9.17) is 11.6 Å². The minimum Gasteiger partial charge on any atom is -0.293 e. The molecule has 0 fully saturated rings. The lowest BCUT2D eigenvalue weighted by molar-refractivity contribution is 0.0997. The van der Waals surface area contributed by atoms with E-state index in [0.29, 0.717) is 15.5 Å². The molecule has 100 valence electrons. The Labute approximate surface area is 124 Å². The fourth-order valence-corrected chi connectivity index (χ4v) is 3.28. The maximum atomic E-state index is 13.0. The van der Waals surface area contributed by atoms with Gasteiger partial charge in [-0.25, -0.2) is 4.39 Å². The van der Waals surface area contributed by atoms with E-state index in [1.807, 2.05) is 30.3 Å². The lowest BCUT2D eigenvalue weighted by atomic mass is 10.1. The van der Waals surface area contributed by atoms with Gasteiger partial charge in [-0.2, -0.15) is 0 Å². The number of rotatable bonds is 3. The minimum atomic E-state index is -0.395. The number of hydrogen-bond donors (Lipinski definition) is 0. The van der Waals surface area contributed by atoms with Gasteiger partial charge in [0.15, 0.2) is 5.78 Å². The molecule has 0 bridgehead atoms. The second-order valence-corrected chi connectivity index (χ2v) is 5.98. The normalized spacial score (nSPS) is 10.9. The average molecular weight is 305 g/mol. The first kappa shape index (κ1) is 13.3. The molecule has 1 nitrogen and oxygen atoms in total. The molecule has 0 spiro atoms. The second kappa shape index (κ2) is 5.35. The highest BCUT2D eigenvalue weighted by molar-refractivity contribution is 7.20. The summed E-state index contributed by atoms with van der Waals surface area (Å²) in [6, 6.07) is 13.9. The third-order valence-electron chi connectivity index (χ3n) is 3.07. The van der Waals surface area contributed by atoms with Crippen molar-refractivity contribution in [3.8, 4) is 0 Å². The molecule has 0 amide bonds. The Bertz CT molecular complexity index is 761. The predicted octanol–water partition coefficient (Wildman–Crippen LogP) is 5.12. The third-order valence-corrected chi connectivity index (χ3v) is 4.58. The van der Waals surface area contributed by atoms with Gasteiger partial charge in [-0.1, -0.05) is 35.9 Å². The largest absolute Gasteiger partial charge is 0.293 e. The molecule has 0 aliphatic rings. The van der Waals surface area contributed by atoms with Crippen molar-refractivity contribution in [2.24, 2.45) is 0 Å². The topological polar surface area (TPSA) is 17.1 Å². The number of benzene rings is 2. The van der Waals surface area contributed by atoms with E-state index in [-0.39, 0.29) is 12.2 Å². The second-order valence-electron chi connectivity index (χ2n) is 4.48. The Kier molecular flexibility index (Phi) is 3.55. The smallest absolute Gasteiger partial charge is 0.177 e. The Morgan fingerprint density at radius 1 is 1.15 bits per heavy atom. The summed E-state index contributed by atoms with van der Waals surface area (Å²) in [6.07, 6.45) is 0.186. The summed E-state index contributed by atoms with van der Waals surface area (Å²) in [5, 5.41) is 1.35. The molecule has 2 aromatic carbocycles. The maximum Gasteiger partial charge on any atom is 0.177 e. The van der Waals surface area contributed by atoms with Crippen LogP contribution in [0.3, 0.4) is 0 Å². The van der Waals surface area contributed by atoms with Gasteiger partial charge in [0, 0.05) is 16.1 Å². The van der Waals surface area contributed by atoms with Crippen LogP contribution in [0.4, 0.5) is 4.39 Å². The molecule has 0 aliphatic carbocycles. The molecular weight excluding hydrogens is 295 g/mol. The molecule has 3 rings (SSSR count). The van der Waals surface area contributed by atoms with Crippen LogP contribution in [-0.2, 0) is 6.42 Å². The van der Waals surface area contributed by atoms with Crippen LogP contribution in [-0.4, -0.2) is 5.78 Å². The summed E-state index contributed by atoms with van der Waals surface area (Å²) in [5.41, 5.74) is 0.649. The van der Waals surface area contributed by atoms with Gasteiger partial charge < -0.3 is 0 Å². The Morgan fingerprint density at radius 3 is 2.70 bits per heavy atom. The van der Waals surface area contributed by atoms with Gasteiger partial charge in [0.1, 0.15) is 5.82 Å². The van der Waals surface area contributed by atoms with Gasteiger partial charge in [0.25, 0.3) is 0 Å². The van der Waals surface area contributed by atoms with Gasteiger partial charge in [-0.3, -0.25) is 4.79 Å². The lowest BCUT2D eigenvalue weighted by Crippen LogP contribution is -2.01. The zero-order chi connectivity index (χ0) is 14.1. The first-order valence-corrected chi connectivity index (χ1v) is 7.28. The number of thiophene rings is 1. The van der Waals surface area contributed by atoms with Crippen molar-refractivity contribution >= 4 is 38.8 Å². The molecule has 1 heterocycles. The van der Waals surface area contributed by atoms with Gasteiger partial charge >= 0.3 is 0 Å². The molecule has 0 aliphatic heterocycles. The standard InChI is InChI=1S/C16H10ClFOS/c17-13-9-12(18)6-5-10(13)7-14(19)16-8-11-3-1-2-4-15(11)20-16/h1-6,8-9H,7H2. The minimum absolute atomic E-state index is 0.000270. The van der Waals surface area contributed by atoms with Crippen LogP contribution >= 0.6 is 22.9 Å². The quantitative estimate of drug-likeness (QED) is 0.614. The van der Waals surface area contributed by atoms with E-state index in [1.54, 1.807) is 6.07 Å². The van der Waals surface area contributed by atoms with E-state index in [2.05, 4.69) is 0 Å². The highest BCUT2D eigenvalue weighted by Gasteiger charge is 2.13. The first-order chi connectivity index (χ1) is 9.63. The number of fused-ring (bicyclic) bond motifs is 1. The van der Waals surface area contributed by atoms with Crippen molar-refractivity contribution in [2.75, 3.05) is 0 Å². The summed E-state index contributed by atoms with van der Waals surface area (Å²) >= 11 is 7.42. The summed E-state index contributed by atoms with van der Waals surface area (Å²) in [6.45, 7) is 0. The number of carbonyl (C=O) groups is 1. The molecule has 0 N–H and O–H groups in total. The molecule has 0 saturated carbocycles. The molecule has 20 heavy (non-hydrogen) atoms. The van der Waals surface area contributed by atoms with E-state index in [9.17, 15) is 9.18 Å².